The monoisotopic (exact) mass is 373 g/mol. The van der Waals surface area contributed by atoms with E-state index in [0.29, 0.717) is 13.1 Å². The molecule has 0 aliphatic carbocycles. The molecule has 0 bridgehead atoms. The average Bonchev–Trinajstić information content (AvgIpc) is 3.31. The van der Waals surface area contributed by atoms with Crippen molar-refractivity contribution in [3.63, 3.8) is 0 Å². The highest BCUT2D eigenvalue weighted by molar-refractivity contribution is 6.01. The van der Waals surface area contributed by atoms with E-state index >= 15 is 0 Å². The smallest absolute Gasteiger partial charge is 0.261 e. The van der Waals surface area contributed by atoms with Crippen LogP contribution in [0.3, 0.4) is 0 Å². The van der Waals surface area contributed by atoms with Crippen LogP contribution in [0.1, 0.15) is 28.3 Å². The van der Waals surface area contributed by atoms with Gasteiger partial charge in [-0.05, 0) is 55.7 Å². The van der Waals surface area contributed by atoms with Crippen molar-refractivity contribution in [2.24, 2.45) is 0 Å². The molecule has 1 amide bonds. The van der Waals surface area contributed by atoms with E-state index in [4.69, 9.17) is 4.42 Å². The molecule has 5 heteroatoms. The van der Waals surface area contributed by atoms with Gasteiger partial charge < -0.3 is 14.3 Å². The number of carbonyl (C=O) groups is 1. The Labute approximate surface area is 164 Å². The van der Waals surface area contributed by atoms with Crippen molar-refractivity contribution in [2.75, 3.05) is 6.54 Å². The SMILES string of the molecule is Cc1cc(/C=C(\C#N)C(=O)NCCc2ccccc2)c(C)n1Cc1ccco1. The molecular weight excluding hydrogens is 350 g/mol. The number of furan rings is 1. The third-order valence-electron chi connectivity index (χ3n) is 4.71. The zero-order valence-electron chi connectivity index (χ0n) is 16.1. The minimum absolute atomic E-state index is 0.103. The lowest BCUT2D eigenvalue weighted by atomic mass is 10.1. The molecule has 0 spiro atoms. The van der Waals surface area contributed by atoms with Crippen LogP contribution in [-0.4, -0.2) is 17.0 Å². The molecular formula is C23H23N3O2. The van der Waals surface area contributed by atoms with Crippen molar-refractivity contribution in [3.05, 3.63) is 88.6 Å². The molecule has 0 saturated heterocycles. The first kappa shape index (κ1) is 19.2. The number of nitrogens with one attached hydrogen (secondary N) is 1. The normalized spacial score (nSPS) is 11.2. The maximum absolute atomic E-state index is 12.4. The summed E-state index contributed by atoms with van der Waals surface area (Å²) in [6, 6.07) is 17.7. The second-order valence-corrected chi connectivity index (χ2v) is 6.65. The number of aryl methyl sites for hydroxylation is 1. The van der Waals surface area contributed by atoms with E-state index in [1.807, 2.05) is 68.4 Å². The van der Waals surface area contributed by atoms with E-state index in [2.05, 4.69) is 9.88 Å². The van der Waals surface area contributed by atoms with Gasteiger partial charge in [0.05, 0.1) is 12.8 Å². The number of hydrogen-bond donors (Lipinski definition) is 1. The second-order valence-electron chi connectivity index (χ2n) is 6.65. The lowest BCUT2D eigenvalue weighted by molar-refractivity contribution is -0.117. The van der Waals surface area contributed by atoms with Crippen LogP contribution in [0, 0.1) is 25.2 Å². The van der Waals surface area contributed by atoms with Crippen molar-refractivity contribution in [1.82, 2.24) is 9.88 Å². The Morgan fingerprint density at radius 1 is 1.21 bits per heavy atom. The number of aromatic nitrogens is 1. The van der Waals surface area contributed by atoms with Crippen LogP contribution < -0.4 is 5.32 Å². The van der Waals surface area contributed by atoms with E-state index in [0.717, 1.165) is 34.7 Å². The van der Waals surface area contributed by atoms with Crippen LogP contribution in [0.25, 0.3) is 6.08 Å². The highest BCUT2D eigenvalue weighted by atomic mass is 16.3. The summed E-state index contributed by atoms with van der Waals surface area (Å²) in [4.78, 5) is 12.4. The Balaban J connectivity index is 1.69. The second kappa shape index (κ2) is 8.92. The van der Waals surface area contributed by atoms with Crippen LogP contribution >= 0.6 is 0 Å². The van der Waals surface area contributed by atoms with Crippen LogP contribution in [0.2, 0.25) is 0 Å². The van der Waals surface area contributed by atoms with Crippen LogP contribution in [0.4, 0.5) is 0 Å². The fourth-order valence-corrected chi connectivity index (χ4v) is 3.14. The largest absolute Gasteiger partial charge is 0.467 e. The minimum atomic E-state index is -0.353. The standard InChI is InChI=1S/C23H23N3O2/c1-17-13-20(18(2)26(17)16-22-9-6-12-28-22)14-21(15-24)23(27)25-11-10-19-7-4-3-5-8-19/h3-9,12-14H,10-11,16H2,1-2H3,(H,25,27)/b21-14+. The zero-order valence-corrected chi connectivity index (χ0v) is 16.1. The first-order valence-corrected chi connectivity index (χ1v) is 9.21. The number of nitrogens with zero attached hydrogens (tertiary/aromatic N) is 2. The molecule has 0 aliphatic heterocycles. The summed E-state index contributed by atoms with van der Waals surface area (Å²) in [6.07, 6.45) is 4.03. The summed E-state index contributed by atoms with van der Waals surface area (Å²) in [5, 5.41) is 12.3. The van der Waals surface area contributed by atoms with Crippen LogP contribution in [-0.2, 0) is 17.8 Å². The number of hydrogen-bond acceptors (Lipinski definition) is 3. The molecule has 0 aliphatic rings. The van der Waals surface area contributed by atoms with Gasteiger partial charge in [-0.25, -0.2) is 0 Å². The Kier molecular flexibility index (Phi) is 6.13. The van der Waals surface area contributed by atoms with Gasteiger partial charge in [0.2, 0.25) is 0 Å². The number of carbonyl (C=O) groups excluding carboxylic acids is 1. The molecule has 2 heterocycles. The van der Waals surface area contributed by atoms with Crippen molar-refractivity contribution in [2.45, 2.75) is 26.8 Å². The van der Waals surface area contributed by atoms with Crippen molar-refractivity contribution >= 4 is 12.0 Å². The van der Waals surface area contributed by atoms with E-state index < -0.39 is 0 Å². The molecule has 0 unspecified atom stereocenters. The molecule has 0 atom stereocenters. The topological polar surface area (TPSA) is 71.0 Å². The molecule has 3 rings (SSSR count). The van der Waals surface area contributed by atoms with Gasteiger partial charge in [-0.1, -0.05) is 30.3 Å². The molecule has 0 fully saturated rings. The van der Waals surface area contributed by atoms with E-state index in [-0.39, 0.29) is 11.5 Å². The third kappa shape index (κ3) is 4.60. The van der Waals surface area contributed by atoms with Crippen molar-refractivity contribution in [3.8, 4) is 6.07 Å². The number of nitriles is 1. The van der Waals surface area contributed by atoms with Gasteiger partial charge in [0, 0.05) is 17.9 Å². The van der Waals surface area contributed by atoms with Crippen molar-refractivity contribution in [1.29, 1.82) is 5.26 Å². The summed E-state index contributed by atoms with van der Waals surface area (Å²) >= 11 is 0. The molecule has 142 valence electrons. The van der Waals surface area contributed by atoms with Gasteiger partial charge in [-0.2, -0.15) is 5.26 Å². The minimum Gasteiger partial charge on any atom is -0.467 e. The van der Waals surface area contributed by atoms with Crippen LogP contribution in [0.15, 0.2) is 64.8 Å². The maximum Gasteiger partial charge on any atom is 0.261 e. The number of benzene rings is 1. The summed E-state index contributed by atoms with van der Waals surface area (Å²) < 4.78 is 7.53. The Bertz CT molecular complexity index is 1010. The van der Waals surface area contributed by atoms with Crippen LogP contribution in [0.5, 0.6) is 0 Å². The lowest BCUT2D eigenvalue weighted by Gasteiger charge is -2.07. The predicted molar refractivity (Wildman–Crippen MR) is 108 cm³/mol. The molecule has 5 nitrogen and oxygen atoms in total. The summed E-state index contributed by atoms with van der Waals surface area (Å²) in [6.45, 7) is 5.08. The van der Waals surface area contributed by atoms with Crippen molar-refractivity contribution < 1.29 is 9.21 Å². The Morgan fingerprint density at radius 3 is 2.68 bits per heavy atom. The molecule has 28 heavy (non-hydrogen) atoms. The molecule has 3 aromatic rings. The number of amides is 1. The molecule has 0 radical (unpaired) electrons. The molecule has 1 N–H and O–H groups in total. The summed E-state index contributed by atoms with van der Waals surface area (Å²) in [7, 11) is 0. The zero-order chi connectivity index (χ0) is 19.9. The van der Waals surface area contributed by atoms with Gasteiger partial charge in [-0.15, -0.1) is 0 Å². The predicted octanol–water partition coefficient (Wildman–Crippen LogP) is 4.01. The summed E-state index contributed by atoms with van der Waals surface area (Å²) in [5.74, 6) is 0.505. The molecule has 2 aromatic heterocycles. The highest BCUT2D eigenvalue weighted by Crippen LogP contribution is 2.20. The maximum atomic E-state index is 12.4. The quantitative estimate of drug-likeness (QED) is 0.502. The summed E-state index contributed by atoms with van der Waals surface area (Å²) in [5.41, 5.74) is 4.14. The fourth-order valence-electron chi connectivity index (χ4n) is 3.14. The fraction of sp³-hybridized carbons (Fsp3) is 0.217. The Hall–Kier alpha value is -3.52. The molecule has 0 saturated carbocycles. The van der Waals surface area contributed by atoms with Gasteiger partial charge in [0.15, 0.2) is 0 Å². The first-order valence-electron chi connectivity index (χ1n) is 9.21. The molecule has 1 aromatic carbocycles. The number of rotatable bonds is 7. The van der Waals surface area contributed by atoms with Gasteiger partial charge in [0.1, 0.15) is 17.4 Å². The van der Waals surface area contributed by atoms with Gasteiger partial charge in [0.25, 0.3) is 5.91 Å². The average molecular weight is 373 g/mol. The van der Waals surface area contributed by atoms with Gasteiger partial charge in [-0.3, -0.25) is 4.79 Å². The van der Waals surface area contributed by atoms with E-state index in [1.54, 1.807) is 12.3 Å². The third-order valence-corrected chi connectivity index (χ3v) is 4.71. The highest BCUT2D eigenvalue weighted by Gasteiger charge is 2.13. The lowest BCUT2D eigenvalue weighted by Crippen LogP contribution is -2.26. The van der Waals surface area contributed by atoms with E-state index in [9.17, 15) is 10.1 Å². The Morgan fingerprint density at radius 2 is 2.00 bits per heavy atom. The first-order chi connectivity index (χ1) is 13.6. The van der Waals surface area contributed by atoms with E-state index in [1.165, 1.54) is 0 Å². The van der Waals surface area contributed by atoms with Gasteiger partial charge >= 0.3 is 0 Å².